The van der Waals surface area contributed by atoms with Gasteiger partial charge in [-0.2, -0.15) is 0 Å². The van der Waals surface area contributed by atoms with Crippen molar-refractivity contribution in [2.75, 3.05) is 38.6 Å². The van der Waals surface area contributed by atoms with Crippen LogP contribution in [0.5, 0.6) is 0 Å². The van der Waals surface area contributed by atoms with Gasteiger partial charge in [0.15, 0.2) is 11.0 Å². The third kappa shape index (κ3) is 4.32. The number of nitrogens with zero attached hydrogens (tertiary/aromatic N) is 3. The predicted octanol–water partition coefficient (Wildman–Crippen LogP) is -0.0107. The van der Waals surface area contributed by atoms with Crippen molar-refractivity contribution in [3.63, 3.8) is 0 Å². The van der Waals surface area contributed by atoms with Crippen LogP contribution in [0.4, 0.5) is 4.39 Å². The quantitative estimate of drug-likeness (QED) is 0.715. The molecule has 24 heavy (non-hydrogen) atoms. The maximum absolute atomic E-state index is 13.0. The molecular formula is C16H22FN4O2S+. The van der Waals surface area contributed by atoms with Crippen LogP contribution in [0, 0.1) is 5.82 Å². The number of hydrogen-bond acceptors (Lipinski definition) is 5. The van der Waals surface area contributed by atoms with Gasteiger partial charge in [-0.3, -0.25) is 0 Å². The molecule has 1 saturated heterocycles. The van der Waals surface area contributed by atoms with E-state index in [1.54, 1.807) is 12.1 Å². The van der Waals surface area contributed by atoms with Gasteiger partial charge in [0.25, 0.3) is 0 Å². The molecule has 1 fully saturated rings. The lowest BCUT2D eigenvalue weighted by molar-refractivity contribution is -0.910. The summed E-state index contributed by atoms with van der Waals surface area (Å²) >= 11 is 1.48. The first kappa shape index (κ1) is 17.3. The SMILES string of the molecule is Cn1c(SC[C@H](O)C[NH+]2CCOCC2)nnc1-c1ccc(F)cc1. The number of aliphatic hydroxyl groups is 1. The number of nitrogens with one attached hydrogen (secondary N) is 1. The molecule has 0 aliphatic carbocycles. The summed E-state index contributed by atoms with van der Waals surface area (Å²) in [5.41, 5.74) is 0.816. The Morgan fingerprint density at radius 1 is 1.29 bits per heavy atom. The lowest BCUT2D eigenvalue weighted by Crippen LogP contribution is -3.15. The van der Waals surface area contributed by atoms with Crippen LogP contribution in [0.3, 0.4) is 0 Å². The van der Waals surface area contributed by atoms with E-state index >= 15 is 0 Å². The zero-order valence-electron chi connectivity index (χ0n) is 13.6. The summed E-state index contributed by atoms with van der Waals surface area (Å²) in [6, 6.07) is 6.19. The summed E-state index contributed by atoms with van der Waals surface area (Å²) in [4.78, 5) is 1.37. The molecule has 0 unspecified atom stereocenters. The number of rotatable bonds is 6. The van der Waals surface area contributed by atoms with Crippen molar-refractivity contribution >= 4 is 11.8 Å². The minimum absolute atomic E-state index is 0.274. The molecule has 0 radical (unpaired) electrons. The zero-order chi connectivity index (χ0) is 16.9. The highest BCUT2D eigenvalue weighted by atomic mass is 32.2. The zero-order valence-corrected chi connectivity index (χ0v) is 14.4. The van der Waals surface area contributed by atoms with E-state index in [1.807, 2.05) is 11.6 Å². The molecule has 2 aromatic rings. The normalized spacial score (nSPS) is 17.1. The Bertz CT molecular complexity index is 659. The van der Waals surface area contributed by atoms with Gasteiger partial charge in [-0.25, -0.2) is 4.39 Å². The molecule has 130 valence electrons. The molecule has 8 heteroatoms. The Hall–Kier alpha value is -1.48. The molecule has 0 amide bonds. The fourth-order valence-electron chi connectivity index (χ4n) is 2.72. The second kappa shape index (κ2) is 8.06. The number of quaternary nitrogens is 1. The molecule has 1 aliphatic rings. The Kier molecular flexibility index (Phi) is 5.83. The van der Waals surface area contributed by atoms with Crippen LogP contribution in [0.2, 0.25) is 0 Å². The molecule has 1 aliphatic heterocycles. The second-order valence-electron chi connectivity index (χ2n) is 5.90. The molecule has 0 spiro atoms. The molecule has 2 heterocycles. The van der Waals surface area contributed by atoms with Crippen molar-refractivity contribution < 1.29 is 19.1 Å². The van der Waals surface area contributed by atoms with Crippen LogP contribution in [-0.2, 0) is 11.8 Å². The van der Waals surface area contributed by atoms with E-state index in [0.717, 1.165) is 43.6 Å². The lowest BCUT2D eigenvalue weighted by atomic mass is 10.2. The summed E-state index contributed by atoms with van der Waals surface area (Å²) in [5.74, 6) is 0.981. The van der Waals surface area contributed by atoms with Crippen molar-refractivity contribution in [1.82, 2.24) is 14.8 Å². The highest BCUT2D eigenvalue weighted by Crippen LogP contribution is 2.23. The Labute approximate surface area is 144 Å². The third-order valence-corrected chi connectivity index (χ3v) is 5.23. The predicted molar refractivity (Wildman–Crippen MR) is 89.5 cm³/mol. The summed E-state index contributed by atoms with van der Waals surface area (Å²) in [6.45, 7) is 4.14. The first-order valence-electron chi connectivity index (χ1n) is 8.01. The van der Waals surface area contributed by atoms with E-state index in [2.05, 4.69) is 10.2 Å². The molecule has 1 aromatic heterocycles. The highest BCUT2D eigenvalue weighted by molar-refractivity contribution is 7.99. The minimum Gasteiger partial charge on any atom is -0.386 e. The number of morpholine rings is 1. The van der Waals surface area contributed by atoms with Gasteiger partial charge in [0.05, 0.1) is 13.2 Å². The maximum atomic E-state index is 13.0. The Morgan fingerprint density at radius 3 is 2.71 bits per heavy atom. The first-order chi connectivity index (χ1) is 11.6. The average molecular weight is 353 g/mol. The van der Waals surface area contributed by atoms with Crippen LogP contribution in [0.15, 0.2) is 29.4 Å². The second-order valence-corrected chi connectivity index (χ2v) is 6.89. The summed E-state index contributed by atoms with van der Waals surface area (Å²) < 4.78 is 20.2. The van der Waals surface area contributed by atoms with Gasteiger partial charge >= 0.3 is 0 Å². The van der Waals surface area contributed by atoms with Crippen molar-refractivity contribution in [2.24, 2.45) is 7.05 Å². The monoisotopic (exact) mass is 353 g/mol. The maximum Gasteiger partial charge on any atom is 0.191 e. The highest BCUT2D eigenvalue weighted by Gasteiger charge is 2.19. The van der Waals surface area contributed by atoms with Gasteiger partial charge in [-0.05, 0) is 24.3 Å². The topological polar surface area (TPSA) is 64.6 Å². The standard InChI is InChI=1S/C16H21FN4O2S/c1-20-15(12-2-4-13(17)5-3-12)18-19-16(20)24-11-14(22)10-21-6-8-23-9-7-21/h2-5,14,22H,6-11H2,1H3/p+1/t14-/m1/s1. The number of thioether (sulfide) groups is 1. The molecule has 0 bridgehead atoms. The molecule has 6 nitrogen and oxygen atoms in total. The van der Waals surface area contributed by atoms with Gasteiger partial charge < -0.3 is 19.3 Å². The van der Waals surface area contributed by atoms with Crippen molar-refractivity contribution in [1.29, 1.82) is 0 Å². The first-order valence-corrected chi connectivity index (χ1v) is 8.99. The summed E-state index contributed by atoms with van der Waals surface area (Å²) in [6.07, 6.45) is -0.394. The molecule has 2 N–H and O–H groups in total. The smallest absolute Gasteiger partial charge is 0.191 e. The van der Waals surface area contributed by atoms with Crippen molar-refractivity contribution in [3.8, 4) is 11.4 Å². The van der Waals surface area contributed by atoms with E-state index in [9.17, 15) is 9.50 Å². The number of halogens is 1. The molecular weight excluding hydrogens is 331 g/mol. The number of ether oxygens (including phenoxy) is 1. The average Bonchev–Trinajstić information content (AvgIpc) is 2.95. The molecule has 1 aromatic carbocycles. The summed E-state index contributed by atoms with van der Waals surface area (Å²) in [5, 5.41) is 19.3. The van der Waals surface area contributed by atoms with Crippen molar-refractivity contribution in [2.45, 2.75) is 11.3 Å². The van der Waals surface area contributed by atoms with E-state index in [4.69, 9.17) is 4.74 Å². The van der Waals surface area contributed by atoms with Gasteiger partial charge in [-0.15, -0.1) is 10.2 Å². The minimum atomic E-state index is -0.394. The van der Waals surface area contributed by atoms with E-state index < -0.39 is 6.10 Å². The number of hydrogen-bond donors (Lipinski definition) is 2. The molecule has 0 saturated carbocycles. The largest absolute Gasteiger partial charge is 0.386 e. The van der Waals surface area contributed by atoms with Gasteiger partial charge in [0.1, 0.15) is 31.6 Å². The fraction of sp³-hybridized carbons (Fsp3) is 0.500. The van der Waals surface area contributed by atoms with Crippen LogP contribution in [-0.4, -0.2) is 64.6 Å². The summed E-state index contributed by atoms with van der Waals surface area (Å²) in [7, 11) is 1.88. The third-order valence-electron chi connectivity index (χ3n) is 4.07. The molecule has 1 atom stereocenters. The van der Waals surface area contributed by atoms with Crippen molar-refractivity contribution in [3.05, 3.63) is 30.1 Å². The van der Waals surface area contributed by atoms with Crippen LogP contribution in [0.1, 0.15) is 0 Å². The number of aromatic nitrogens is 3. The fourth-order valence-corrected chi connectivity index (χ4v) is 3.56. The Balaban J connectivity index is 1.56. The lowest BCUT2D eigenvalue weighted by Gasteiger charge is -2.25. The van der Waals surface area contributed by atoms with Crippen LogP contribution in [0.25, 0.3) is 11.4 Å². The molecule has 3 rings (SSSR count). The van der Waals surface area contributed by atoms with Gasteiger partial charge in [0.2, 0.25) is 0 Å². The van der Waals surface area contributed by atoms with E-state index in [0.29, 0.717) is 11.6 Å². The van der Waals surface area contributed by atoms with Crippen LogP contribution < -0.4 is 4.90 Å². The number of benzene rings is 1. The Morgan fingerprint density at radius 2 is 2.00 bits per heavy atom. The van der Waals surface area contributed by atoms with Gasteiger partial charge in [0, 0.05) is 18.4 Å². The van der Waals surface area contributed by atoms with Crippen LogP contribution >= 0.6 is 11.8 Å². The van der Waals surface area contributed by atoms with E-state index in [-0.39, 0.29) is 5.82 Å². The van der Waals surface area contributed by atoms with Gasteiger partial charge in [-0.1, -0.05) is 11.8 Å². The van der Waals surface area contributed by atoms with E-state index in [1.165, 1.54) is 28.8 Å². The number of aliphatic hydroxyl groups excluding tert-OH is 1.